The fraction of sp³-hybridized carbons (Fsp3) is 0.700. The zero-order chi connectivity index (χ0) is 9.23. The number of allylic oxidation sites excluding steroid dienone is 2. The van der Waals surface area contributed by atoms with Gasteiger partial charge in [0.1, 0.15) is 0 Å². The molecule has 2 nitrogen and oxygen atoms in total. The van der Waals surface area contributed by atoms with Gasteiger partial charge in [0, 0.05) is 6.42 Å². The molecule has 2 heteroatoms. The summed E-state index contributed by atoms with van der Waals surface area (Å²) < 4.78 is 4.79. The summed E-state index contributed by atoms with van der Waals surface area (Å²) in [7, 11) is 0. The van der Waals surface area contributed by atoms with E-state index in [1.807, 2.05) is 19.9 Å². The van der Waals surface area contributed by atoms with E-state index in [9.17, 15) is 4.79 Å². The molecule has 0 rings (SSSR count). The van der Waals surface area contributed by atoms with Gasteiger partial charge >= 0.3 is 5.97 Å². The van der Waals surface area contributed by atoms with E-state index in [2.05, 4.69) is 6.08 Å². The SMILES string of the molecule is C/C=C/CCCCC(=O)OCC. The molecular formula is C10H18O2. The monoisotopic (exact) mass is 170 g/mol. The Kier molecular flexibility index (Phi) is 7.76. The Balaban J connectivity index is 3.13. The van der Waals surface area contributed by atoms with Crippen LogP contribution in [0, 0.1) is 0 Å². The topological polar surface area (TPSA) is 26.3 Å². The standard InChI is InChI=1S/C10H18O2/c1-3-5-6-7-8-9-10(11)12-4-2/h3,5H,4,6-9H2,1-2H3/b5-3+. The Morgan fingerprint density at radius 3 is 2.75 bits per heavy atom. The Morgan fingerprint density at radius 1 is 1.42 bits per heavy atom. The van der Waals surface area contributed by atoms with Gasteiger partial charge in [0.05, 0.1) is 6.61 Å². The van der Waals surface area contributed by atoms with Crippen LogP contribution >= 0.6 is 0 Å². The largest absolute Gasteiger partial charge is 0.466 e. The highest BCUT2D eigenvalue weighted by molar-refractivity contribution is 5.69. The molecule has 0 bridgehead atoms. The second kappa shape index (κ2) is 8.31. The minimum atomic E-state index is -0.0713. The molecule has 0 unspecified atom stereocenters. The van der Waals surface area contributed by atoms with Crippen LogP contribution in [0.4, 0.5) is 0 Å². The van der Waals surface area contributed by atoms with Gasteiger partial charge < -0.3 is 4.74 Å². The second-order valence-corrected chi connectivity index (χ2v) is 2.62. The van der Waals surface area contributed by atoms with Crippen molar-refractivity contribution in [1.82, 2.24) is 0 Å². The highest BCUT2D eigenvalue weighted by atomic mass is 16.5. The van der Waals surface area contributed by atoms with Crippen molar-refractivity contribution >= 4 is 5.97 Å². The first-order chi connectivity index (χ1) is 5.81. The number of unbranched alkanes of at least 4 members (excludes halogenated alkanes) is 2. The lowest BCUT2D eigenvalue weighted by Gasteiger charge is -1.99. The van der Waals surface area contributed by atoms with Crippen LogP contribution in [0.3, 0.4) is 0 Å². The molecule has 0 aliphatic heterocycles. The minimum absolute atomic E-state index is 0.0713. The third kappa shape index (κ3) is 7.32. The van der Waals surface area contributed by atoms with Crippen molar-refractivity contribution in [2.24, 2.45) is 0 Å². The lowest BCUT2D eigenvalue weighted by Crippen LogP contribution is -2.02. The smallest absolute Gasteiger partial charge is 0.305 e. The molecule has 0 spiro atoms. The summed E-state index contributed by atoms with van der Waals surface area (Å²) in [4.78, 5) is 10.8. The molecule has 0 aliphatic rings. The van der Waals surface area contributed by atoms with Crippen molar-refractivity contribution in [2.75, 3.05) is 6.61 Å². The Labute approximate surface area is 74.6 Å². The van der Waals surface area contributed by atoms with Crippen molar-refractivity contribution in [1.29, 1.82) is 0 Å². The molecule has 0 radical (unpaired) electrons. The fourth-order valence-electron chi connectivity index (χ4n) is 0.931. The van der Waals surface area contributed by atoms with Crippen molar-refractivity contribution in [2.45, 2.75) is 39.5 Å². The lowest BCUT2D eigenvalue weighted by molar-refractivity contribution is -0.143. The molecule has 0 aromatic rings. The fourth-order valence-corrected chi connectivity index (χ4v) is 0.931. The maximum atomic E-state index is 10.8. The van der Waals surface area contributed by atoms with Gasteiger partial charge in [0.25, 0.3) is 0 Å². The van der Waals surface area contributed by atoms with E-state index in [0.29, 0.717) is 13.0 Å². The summed E-state index contributed by atoms with van der Waals surface area (Å²) in [5, 5.41) is 0. The summed E-state index contributed by atoms with van der Waals surface area (Å²) in [6.07, 6.45) is 7.78. The van der Waals surface area contributed by atoms with Gasteiger partial charge in [0.15, 0.2) is 0 Å². The van der Waals surface area contributed by atoms with E-state index in [1.165, 1.54) is 0 Å². The predicted octanol–water partition coefficient (Wildman–Crippen LogP) is 2.69. The Morgan fingerprint density at radius 2 is 2.17 bits per heavy atom. The number of carbonyl (C=O) groups excluding carboxylic acids is 1. The summed E-state index contributed by atoms with van der Waals surface area (Å²) in [5.74, 6) is -0.0713. The summed E-state index contributed by atoms with van der Waals surface area (Å²) in [6, 6.07) is 0. The number of hydrogen-bond acceptors (Lipinski definition) is 2. The van der Waals surface area contributed by atoms with Gasteiger partial charge in [-0.25, -0.2) is 0 Å². The van der Waals surface area contributed by atoms with Crippen LogP contribution < -0.4 is 0 Å². The van der Waals surface area contributed by atoms with E-state index >= 15 is 0 Å². The summed E-state index contributed by atoms with van der Waals surface area (Å²) in [6.45, 7) is 4.33. The number of esters is 1. The third-order valence-electron chi connectivity index (χ3n) is 1.54. The Bertz CT molecular complexity index is 139. The van der Waals surface area contributed by atoms with Gasteiger partial charge in [-0.05, 0) is 33.1 Å². The van der Waals surface area contributed by atoms with E-state index in [-0.39, 0.29) is 5.97 Å². The molecule has 0 aromatic heterocycles. The maximum absolute atomic E-state index is 10.8. The molecule has 0 aliphatic carbocycles. The normalized spacial score (nSPS) is 10.5. The van der Waals surface area contributed by atoms with Crippen LogP contribution in [0.1, 0.15) is 39.5 Å². The van der Waals surface area contributed by atoms with E-state index in [1.54, 1.807) is 0 Å². The second-order valence-electron chi connectivity index (χ2n) is 2.62. The van der Waals surface area contributed by atoms with Crippen LogP contribution in [-0.4, -0.2) is 12.6 Å². The average molecular weight is 170 g/mol. The molecule has 0 aromatic carbocycles. The van der Waals surface area contributed by atoms with Crippen LogP contribution in [0.5, 0.6) is 0 Å². The molecule has 70 valence electrons. The predicted molar refractivity (Wildman–Crippen MR) is 49.9 cm³/mol. The van der Waals surface area contributed by atoms with Gasteiger partial charge in [-0.15, -0.1) is 0 Å². The molecule has 0 saturated heterocycles. The summed E-state index contributed by atoms with van der Waals surface area (Å²) >= 11 is 0. The quantitative estimate of drug-likeness (QED) is 0.348. The van der Waals surface area contributed by atoms with Crippen LogP contribution in [-0.2, 0) is 9.53 Å². The number of ether oxygens (including phenoxy) is 1. The van der Waals surface area contributed by atoms with E-state index in [4.69, 9.17) is 4.74 Å². The lowest BCUT2D eigenvalue weighted by atomic mass is 10.2. The first kappa shape index (κ1) is 11.2. The molecule has 0 heterocycles. The number of carbonyl (C=O) groups is 1. The molecule has 12 heavy (non-hydrogen) atoms. The zero-order valence-corrected chi connectivity index (χ0v) is 8.01. The molecular weight excluding hydrogens is 152 g/mol. The van der Waals surface area contributed by atoms with Gasteiger partial charge in [0.2, 0.25) is 0 Å². The molecule has 0 saturated carbocycles. The average Bonchev–Trinajstić information content (AvgIpc) is 2.05. The van der Waals surface area contributed by atoms with Gasteiger partial charge in [-0.3, -0.25) is 4.79 Å². The zero-order valence-electron chi connectivity index (χ0n) is 8.01. The first-order valence-corrected chi connectivity index (χ1v) is 4.58. The van der Waals surface area contributed by atoms with Crippen molar-refractivity contribution < 1.29 is 9.53 Å². The van der Waals surface area contributed by atoms with Crippen LogP contribution in [0.25, 0.3) is 0 Å². The molecule has 0 fully saturated rings. The molecule has 0 amide bonds. The Hall–Kier alpha value is -0.790. The molecule has 0 atom stereocenters. The van der Waals surface area contributed by atoms with E-state index < -0.39 is 0 Å². The van der Waals surface area contributed by atoms with E-state index in [0.717, 1.165) is 19.3 Å². The minimum Gasteiger partial charge on any atom is -0.466 e. The summed E-state index contributed by atoms with van der Waals surface area (Å²) in [5.41, 5.74) is 0. The third-order valence-corrected chi connectivity index (χ3v) is 1.54. The van der Waals surface area contributed by atoms with Gasteiger partial charge in [-0.1, -0.05) is 12.2 Å². The van der Waals surface area contributed by atoms with Crippen molar-refractivity contribution in [3.05, 3.63) is 12.2 Å². The van der Waals surface area contributed by atoms with Crippen LogP contribution in [0.2, 0.25) is 0 Å². The van der Waals surface area contributed by atoms with Crippen LogP contribution in [0.15, 0.2) is 12.2 Å². The van der Waals surface area contributed by atoms with Crippen molar-refractivity contribution in [3.63, 3.8) is 0 Å². The number of hydrogen-bond donors (Lipinski definition) is 0. The van der Waals surface area contributed by atoms with Crippen molar-refractivity contribution in [3.8, 4) is 0 Å². The number of rotatable bonds is 6. The van der Waals surface area contributed by atoms with Gasteiger partial charge in [-0.2, -0.15) is 0 Å². The maximum Gasteiger partial charge on any atom is 0.305 e. The first-order valence-electron chi connectivity index (χ1n) is 4.58. The molecule has 0 N–H and O–H groups in total. The highest BCUT2D eigenvalue weighted by Gasteiger charge is 1.98. The highest BCUT2D eigenvalue weighted by Crippen LogP contribution is 2.01.